The Morgan fingerprint density at radius 1 is 1.00 bits per heavy atom. The summed E-state index contributed by atoms with van der Waals surface area (Å²) < 4.78 is 3.75. The molecule has 176 valence electrons. The molecule has 0 spiro atoms. The summed E-state index contributed by atoms with van der Waals surface area (Å²) in [6, 6.07) is 21.7. The van der Waals surface area contributed by atoms with E-state index < -0.39 is 0 Å². The molecule has 0 bridgehead atoms. The molecule has 0 saturated carbocycles. The van der Waals surface area contributed by atoms with Crippen molar-refractivity contribution in [2.45, 2.75) is 18.9 Å². The van der Waals surface area contributed by atoms with Gasteiger partial charge in [-0.1, -0.05) is 42.5 Å². The number of piperidine rings is 1. The third-order valence-corrected chi connectivity index (χ3v) is 6.84. The van der Waals surface area contributed by atoms with E-state index in [-0.39, 0.29) is 17.9 Å². The van der Waals surface area contributed by atoms with Gasteiger partial charge in [0, 0.05) is 26.1 Å². The van der Waals surface area contributed by atoms with Gasteiger partial charge in [0.25, 0.3) is 0 Å². The standard InChI is InChI=1S/C26H26N8O/c1-32-21-10-6-5-9-20(21)28-25(32)24(18-7-3-2-4-8-18)29-26(35)19-13-15-33(16-14-19)23-12-11-22-30-27-17-34(22)31-23/h2-12,17,19,24H,13-16H2,1H3,(H,29,35). The highest BCUT2D eigenvalue weighted by Gasteiger charge is 2.29. The Balaban J connectivity index is 1.20. The van der Waals surface area contributed by atoms with Crippen molar-refractivity contribution in [2.75, 3.05) is 18.0 Å². The van der Waals surface area contributed by atoms with Crippen molar-refractivity contribution in [3.8, 4) is 0 Å². The maximum absolute atomic E-state index is 13.5. The number of imidazole rings is 1. The Hall–Kier alpha value is -4.27. The monoisotopic (exact) mass is 466 g/mol. The molecule has 2 aromatic carbocycles. The van der Waals surface area contributed by atoms with Crippen molar-refractivity contribution in [3.05, 3.63) is 84.4 Å². The van der Waals surface area contributed by atoms with Crippen LogP contribution in [0.25, 0.3) is 16.7 Å². The number of nitrogens with one attached hydrogen (secondary N) is 1. The molecule has 1 fully saturated rings. The Kier molecular flexibility index (Phi) is 5.36. The molecule has 1 unspecified atom stereocenters. The first-order valence-corrected chi connectivity index (χ1v) is 11.9. The van der Waals surface area contributed by atoms with Crippen LogP contribution >= 0.6 is 0 Å². The number of carbonyl (C=O) groups is 1. The van der Waals surface area contributed by atoms with E-state index in [9.17, 15) is 4.79 Å². The molecule has 35 heavy (non-hydrogen) atoms. The number of rotatable bonds is 5. The largest absolute Gasteiger partial charge is 0.355 e. The minimum absolute atomic E-state index is 0.0628. The van der Waals surface area contributed by atoms with Gasteiger partial charge in [0.2, 0.25) is 5.91 Å². The lowest BCUT2D eigenvalue weighted by atomic mass is 9.95. The first-order chi connectivity index (χ1) is 17.2. The summed E-state index contributed by atoms with van der Waals surface area (Å²) in [6.07, 6.45) is 3.12. The zero-order valence-electron chi connectivity index (χ0n) is 19.5. The van der Waals surface area contributed by atoms with Crippen molar-refractivity contribution in [2.24, 2.45) is 13.0 Å². The topological polar surface area (TPSA) is 93.2 Å². The van der Waals surface area contributed by atoms with Crippen molar-refractivity contribution in [1.82, 2.24) is 34.7 Å². The number of hydrogen-bond acceptors (Lipinski definition) is 6. The van der Waals surface area contributed by atoms with E-state index >= 15 is 0 Å². The molecule has 1 atom stereocenters. The van der Waals surface area contributed by atoms with E-state index in [0.29, 0.717) is 0 Å². The van der Waals surface area contributed by atoms with Crippen LogP contribution in [0.2, 0.25) is 0 Å². The van der Waals surface area contributed by atoms with Crippen LogP contribution in [0.15, 0.2) is 73.1 Å². The van der Waals surface area contributed by atoms with Gasteiger partial charge in [0.05, 0.1) is 11.0 Å². The lowest BCUT2D eigenvalue weighted by molar-refractivity contribution is -0.126. The van der Waals surface area contributed by atoms with Crippen molar-refractivity contribution < 1.29 is 4.79 Å². The number of fused-ring (bicyclic) bond motifs is 2. The Bertz CT molecular complexity index is 1480. The molecule has 0 aliphatic carbocycles. The van der Waals surface area contributed by atoms with Gasteiger partial charge < -0.3 is 14.8 Å². The number of nitrogens with zero attached hydrogens (tertiary/aromatic N) is 7. The van der Waals surface area contributed by atoms with E-state index in [0.717, 1.165) is 59.8 Å². The van der Waals surface area contributed by atoms with Crippen LogP contribution in [0.3, 0.4) is 0 Å². The third kappa shape index (κ3) is 3.99. The number of aromatic nitrogens is 6. The maximum Gasteiger partial charge on any atom is 0.224 e. The van der Waals surface area contributed by atoms with Gasteiger partial charge in [0.1, 0.15) is 24.0 Å². The molecule has 5 aromatic rings. The first kappa shape index (κ1) is 21.3. The molecule has 1 saturated heterocycles. The molecule has 1 aliphatic heterocycles. The normalized spacial score (nSPS) is 15.5. The molecular weight excluding hydrogens is 440 g/mol. The smallest absolute Gasteiger partial charge is 0.224 e. The fourth-order valence-electron chi connectivity index (χ4n) is 4.88. The zero-order valence-corrected chi connectivity index (χ0v) is 19.5. The van der Waals surface area contributed by atoms with Crippen LogP contribution in [-0.2, 0) is 11.8 Å². The molecule has 4 heterocycles. The fraction of sp³-hybridized carbons (Fsp3) is 0.269. The predicted octanol–water partition coefficient (Wildman–Crippen LogP) is 3.13. The SMILES string of the molecule is Cn1c(C(NC(=O)C2CCN(c3ccc4nncn4n3)CC2)c2ccccc2)nc2ccccc21. The summed E-state index contributed by atoms with van der Waals surface area (Å²) in [5.41, 5.74) is 3.70. The molecule has 9 heteroatoms. The second kappa shape index (κ2) is 8.83. The van der Waals surface area contributed by atoms with E-state index in [2.05, 4.69) is 36.1 Å². The van der Waals surface area contributed by atoms with Crippen molar-refractivity contribution in [3.63, 3.8) is 0 Å². The van der Waals surface area contributed by atoms with Crippen LogP contribution in [0.5, 0.6) is 0 Å². The van der Waals surface area contributed by atoms with Gasteiger partial charge in [0.15, 0.2) is 5.65 Å². The maximum atomic E-state index is 13.5. The van der Waals surface area contributed by atoms with E-state index in [1.54, 1.807) is 10.8 Å². The van der Waals surface area contributed by atoms with Crippen LogP contribution < -0.4 is 10.2 Å². The van der Waals surface area contributed by atoms with Gasteiger partial charge >= 0.3 is 0 Å². The second-order valence-electron chi connectivity index (χ2n) is 8.96. The number of amides is 1. The van der Waals surface area contributed by atoms with Crippen molar-refractivity contribution >= 4 is 28.4 Å². The van der Waals surface area contributed by atoms with Crippen LogP contribution in [0.4, 0.5) is 5.82 Å². The highest BCUT2D eigenvalue weighted by molar-refractivity contribution is 5.80. The first-order valence-electron chi connectivity index (χ1n) is 11.9. The average Bonchev–Trinajstić information content (AvgIpc) is 3.52. The molecule has 1 amide bonds. The highest BCUT2D eigenvalue weighted by atomic mass is 16.2. The summed E-state index contributed by atoms with van der Waals surface area (Å²) in [5.74, 6) is 1.70. The second-order valence-corrected chi connectivity index (χ2v) is 8.96. The molecule has 3 aromatic heterocycles. The number of aryl methyl sites for hydroxylation is 1. The van der Waals surface area contributed by atoms with E-state index in [1.807, 2.05) is 67.7 Å². The lowest BCUT2D eigenvalue weighted by Gasteiger charge is -2.32. The number of anilines is 1. The highest BCUT2D eigenvalue weighted by Crippen LogP contribution is 2.27. The molecule has 6 rings (SSSR count). The van der Waals surface area contributed by atoms with Gasteiger partial charge in [-0.3, -0.25) is 4.79 Å². The Labute approximate surface area is 202 Å². The molecule has 1 N–H and O–H groups in total. The van der Waals surface area contributed by atoms with Crippen LogP contribution in [0, 0.1) is 5.92 Å². The molecular formula is C26H26N8O. The molecule has 1 aliphatic rings. The van der Waals surface area contributed by atoms with Gasteiger partial charge in [-0.05, 0) is 42.7 Å². The van der Waals surface area contributed by atoms with E-state index in [1.165, 1.54) is 0 Å². The Morgan fingerprint density at radius 3 is 2.57 bits per heavy atom. The summed E-state index contributed by atoms with van der Waals surface area (Å²) in [4.78, 5) is 20.6. The predicted molar refractivity (Wildman–Crippen MR) is 133 cm³/mol. The summed E-state index contributed by atoms with van der Waals surface area (Å²) in [7, 11) is 2.00. The minimum atomic E-state index is -0.322. The summed E-state index contributed by atoms with van der Waals surface area (Å²) in [5, 5.41) is 15.8. The number of para-hydroxylation sites is 2. The summed E-state index contributed by atoms with van der Waals surface area (Å²) in [6.45, 7) is 1.53. The fourth-order valence-corrected chi connectivity index (χ4v) is 4.88. The quantitative estimate of drug-likeness (QED) is 0.428. The van der Waals surface area contributed by atoms with E-state index in [4.69, 9.17) is 4.98 Å². The lowest BCUT2D eigenvalue weighted by Crippen LogP contribution is -2.42. The van der Waals surface area contributed by atoms with Crippen LogP contribution in [0.1, 0.15) is 30.3 Å². The third-order valence-electron chi connectivity index (χ3n) is 6.84. The van der Waals surface area contributed by atoms with Crippen LogP contribution in [-0.4, -0.2) is 48.4 Å². The average molecular weight is 467 g/mol. The molecule has 9 nitrogen and oxygen atoms in total. The number of benzene rings is 2. The van der Waals surface area contributed by atoms with Gasteiger partial charge in [-0.25, -0.2) is 4.98 Å². The van der Waals surface area contributed by atoms with Crippen molar-refractivity contribution in [1.29, 1.82) is 0 Å². The number of carbonyl (C=O) groups excluding carboxylic acids is 1. The zero-order chi connectivity index (χ0) is 23.8. The minimum Gasteiger partial charge on any atom is -0.355 e. The summed E-state index contributed by atoms with van der Waals surface area (Å²) >= 11 is 0. The van der Waals surface area contributed by atoms with Gasteiger partial charge in [-0.2, -0.15) is 4.52 Å². The molecule has 0 radical (unpaired) electrons. The van der Waals surface area contributed by atoms with Gasteiger partial charge in [-0.15, -0.1) is 15.3 Å². The number of hydrogen-bond donors (Lipinski definition) is 1. The Morgan fingerprint density at radius 2 is 1.77 bits per heavy atom.